The fourth-order valence-electron chi connectivity index (χ4n) is 2.22. The predicted molar refractivity (Wildman–Crippen MR) is 102 cm³/mol. The van der Waals surface area contributed by atoms with E-state index in [0.717, 1.165) is 5.56 Å². The van der Waals surface area contributed by atoms with Crippen molar-refractivity contribution in [1.29, 1.82) is 5.26 Å². The summed E-state index contributed by atoms with van der Waals surface area (Å²) in [7, 11) is 0. The summed E-state index contributed by atoms with van der Waals surface area (Å²) >= 11 is 1.28. The number of rotatable bonds is 5. The van der Waals surface area contributed by atoms with Gasteiger partial charge in [0.2, 0.25) is 11.1 Å². The van der Waals surface area contributed by atoms with Gasteiger partial charge in [-0.25, -0.2) is 4.98 Å². The van der Waals surface area contributed by atoms with Crippen LogP contribution in [0.25, 0.3) is 11.4 Å². The van der Waals surface area contributed by atoms with Gasteiger partial charge in [-0.15, -0.1) is 5.10 Å². The zero-order valence-corrected chi connectivity index (χ0v) is 15.2. The van der Waals surface area contributed by atoms with E-state index in [4.69, 9.17) is 5.26 Å². The molecule has 2 aromatic carbocycles. The van der Waals surface area contributed by atoms with Crippen molar-refractivity contribution >= 4 is 23.4 Å². The minimum absolute atomic E-state index is 0.151. The van der Waals surface area contributed by atoms with Gasteiger partial charge in [0.25, 0.3) is 0 Å². The molecule has 7 heteroatoms. The third kappa shape index (κ3) is 4.29. The number of carbonyl (C=O) groups excluding carboxylic acids is 1. The predicted octanol–water partition coefficient (Wildman–Crippen LogP) is 3.77. The molecule has 6 nitrogen and oxygen atoms in total. The third-order valence-corrected chi connectivity index (χ3v) is 4.68. The van der Waals surface area contributed by atoms with Crippen LogP contribution in [0.4, 0.5) is 5.69 Å². The van der Waals surface area contributed by atoms with Crippen molar-refractivity contribution in [1.82, 2.24) is 15.2 Å². The summed E-state index contributed by atoms with van der Waals surface area (Å²) in [5.74, 6) is 0.522. The van der Waals surface area contributed by atoms with Gasteiger partial charge in [-0.1, -0.05) is 41.6 Å². The third-order valence-electron chi connectivity index (χ3n) is 3.72. The lowest BCUT2D eigenvalue weighted by molar-refractivity contribution is -0.115. The molecule has 3 rings (SSSR count). The van der Waals surface area contributed by atoms with Crippen LogP contribution in [-0.4, -0.2) is 26.3 Å². The zero-order valence-electron chi connectivity index (χ0n) is 14.4. The molecule has 26 heavy (non-hydrogen) atoms. The Hall–Kier alpha value is -3.11. The van der Waals surface area contributed by atoms with Gasteiger partial charge in [-0.05, 0) is 38.1 Å². The molecule has 0 bridgehead atoms. The molecule has 0 saturated carbocycles. The van der Waals surface area contributed by atoms with Crippen molar-refractivity contribution in [2.24, 2.45) is 0 Å². The zero-order chi connectivity index (χ0) is 18.5. The highest BCUT2D eigenvalue weighted by molar-refractivity contribution is 8.00. The number of nitrogens with one attached hydrogen (secondary N) is 2. The fraction of sp³-hybridized carbons (Fsp3) is 0.158. The minimum Gasteiger partial charge on any atom is -0.325 e. The molecule has 0 aliphatic rings. The number of anilines is 1. The molecule has 1 aromatic heterocycles. The van der Waals surface area contributed by atoms with E-state index in [2.05, 4.69) is 20.5 Å². The number of H-pyrrole nitrogens is 1. The molecule has 130 valence electrons. The second kappa shape index (κ2) is 7.85. The Morgan fingerprint density at radius 1 is 1.19 bits per heavy atom. The summed E-state index contributed by atoms with van der Waals surface area (Å²) in [4.78, 5) is 16.8. The molecule has 2 N–H and O–H groups in total. The van der Waals surface area contributed by atoms with E-state index in [9.17, 15) is 4.79 Å². The normalized spacial score (nSPS) is 11.6. The number of carbonyl (C=O) groups is 1. The van der Waals surface area contributed by atoms with Crippen LogP contribution < -0.4 is 5.32 Å². The van der Waals surface area contributed by atoms with E-state index >= 15 is 0 Å². The maximum Gasteiger partial charge on any atom is 0.237 e. The van der Waals surface area contributed by atoms with Crippen LogP contribution in [0.5, 0.6) is 0 Å². The number of aromatic amines is 1. The van der Waals surface area contributed by atoms with Crippen molar-refractivity contribution in [3.8, 4) is 17.5 Å². The highest BCUT2D eigenvalue weighted by atomic mass is 32.2. The first-order chi connectivity index (χ1) is 12.5. The van der Waals surface area contributed by atoms with Crippen molar-refractivity contribution in [2.45, 2.75) is 24.3 Å². The van der Waals surface area contributed by atoms with Gasteiger partial charge in [-0.2, -0.15) is 5.26 Å². The smallest absolute Gasteiger partial charge is 0.237 e. The Morgan fingerprint density at radius 3 is 2.54 bits per heavy atom. The molecule has 0 fully saturated rings. The van der Waals surface area contributed by atoms with E-state index in [-0.39, 0.29) is 11.2 Å². The van der Waals surface area contributed by atoms with Crippen LogP contribution >= 0.6 is 11.8 Å². The number of nitrogens with zero attached hydrogens (tertiary/aromatic N) is 3. The SMILES string of the molecule is Cc1ccc(-c2nc(S[C@H](C)C(=O)Nc3ccc(C#N)cc3)n[nH]2)cc1. The van der Waals surface area contributed by atoms with E-state index in [1.165, 1.54) is 17.3 Å². The molecule has 0 aliphatic heterocycles. The van der Waals surface area contributed by atoms with E-state index in [0.29, 0.717) is 22.2 Å². The quantitative estimate of drug-likeness (QED) is 0.673. The Bertz CT molecular complexity index is 941. The van der Waals surface area contributed by atoms with Gasteiger partial charge in [-0.3, -0.25) is 9.89 Å². The monoisotopic (exact) mass is 363 g/mol. The lowest BCUT2D eigenvalue weighted by atomic mass is 10.1. The van der Waals surface area contributed by atoms with Crippen LogP contribution in [0.1, 0.15) is 18.1 Å². The summed E-state index contributed by atoms with van der Waals surface area (Å²) in [5.41, 5.74) is 3.33. The highest BCUT2D eigenvalue weighted by Crippen LogP contribution is 2.24. The van der Waals surface area contributed by atoms with Crippen LogP contribution in [0.2, 0.25) is 0 Å². The van der Waals surface area contributed by atoms with E-state index in [1.54, 1.807) is 31.2 Å². The molecule has 0 saturated heterocycles. The molecule has 1 amide bonds. The Labute approximate surface area is 155 Å². The topological polar surface area (TPSA) is 94.5 Å². The fourth-order valence-corrected chi connectivity index (χ4v) is 2.95. The van der Waals surface area contributed by atoms with Crippen LogP contribution in [-0.2, 0) is 4.79 Å². The van der Waals surface area contributed by atoms with Crippen molar-refractivity contribution in [3.05, 3.63) is 59.7 Å². The maximum absolute atomic E-state index is 12.3. The summed E-state index contributed by atoms with van der Waals surface area (Å²) in [6.45, 7) is 3.82. The molecule has 3 aromatic rings. The van der Waals surface area contributed by atoms with Crippen LogP contribution in [0.3, 0.4) is 0 Å². The average Bonchev–Trinajstić information content (AvgIpc) is 3.11. The standard InChI is InChI=1S/C19H17N5OS/c1-12-3-7-15(8-4-12)17-22-19(24-23-17)26-13(2)18(25)21-16-9-5-14(11-20)6-10-16/h3-10,13H,1-2H3,(H,21,25)(H,22,23,24)/t13-/m1/s1. The Balaban J connectivity index is 1.62. The number of hydrogen-bond acceptors (Lipinski definition) is 5. The number of aromatic nitrogens is 3. The van der Waals surface area contributed by atoms with Gasteiger partial charge >= 0.3 is 0 Å². The molecular formula is C19H17N5OS. The first-order valence-corrected chi connectivity index (χ1v) is 8.90. The molecule has 0 radical (unpaired) electrons. The number of thioether (sulfide) groups is 1. The molecule has 0 aliphatic carbocycles. The van der Waals surface area contributed by atoms with Gasteiger partial charge in [0.1, 0.15) is 0 Å². The van der Waals surface area contributed by atoms with Gasteiger partial charge in [0.15, 0.2) is 5.82 Å². The Morgan fingerprint density at radius 2 is 1.88 bits per heavy atom. The maximum atomic E-state index is 12.3. The Kier molecular flexibility index (Phi) is 5.34. The number of nitriles is 1. The lowest BCUT2D eigenvalue weighted by Gasteiger charge is -2.10. The number of aryl methyl sites for hydroxylation is 1. The second-order valence-corrected chi connectivity index (χ2v) is 7.08. The van der Waals surface area contributed by atoms with Gasteiger partial charge < -0.3 is 5.32 Å². The van der Waals surface area contributed by atoms with Crippen LogP contribution in [0.15, 0.2) is 53.7 Å². The molecule has 1 heterocycles. The lowest BCUT2D eigenvalue weighted by Crippen LogP contribution is -2.22. The summed E-state index contributed by atoms with van der Waals surface area (Å²) in [5, 5.41) is 18.9. The molecule has 0 spiro atoms. The van der Waals surface area contributed by atoms with Crippen molar-refractivity contribution in [2.75, 3.05) is 5.32 Å². The van der Waals surface area contributed by atoms with Crippen molar-refractivity contribution in [3.63, 3.8) is 0 Å². The van der Waals surface area contributed by atoms with E-state index < -0.39 is 0 Å². The van der Waals surface area contributed by atoms with Crippen molar-refractivity contribution < 1.29 is 4.79 Å². The first kappa shape index (κ1) is 17.7. The number of amides is 1. The highest BCUT2D eigenvalue weighted by Gasteiger charge is 2.17. The summed E-state index contributed by atoms with van der Waals surface area (Å²) in [6.07, 6.45) is 0. The molecular weight excluding hydrogens is 346 g/mol. The van der Waals surface area contributed by atoms with Crippen LogP contribution in [0, 0.1) is 18.3 Å². The number of hydrogen-bond donors (Lipinski definition) is 2. The summed E-state index contributed by atoms with van der Waals surface area (Å²) < 4.78 is 0. The van der Waals surface area contributed by atoms with E-state index in [1.807, 2.05) is 37.3 Å². The minimum atomic E-state index is -0.368. The molecule has 0 unspecified atom stereocenters. The largest absolute Gasteiger partial charge is 0.325 e. The van der Waals surface area contributed by atoms with Gasteiger partial charge in [0.05, 0.1) is 16.9 Å². The summed E-state index contributed by atoms with van der Waals surface area (Å²) in [6, 6.07) is 16.8. The number of benzene rings is 2. The second-order valence-electron chi connectivity index (χ2n) is 5.77. The average molecular weight is 363 g/mol. The first-order valence-electron chi connectivity index (χ1n) is 8.02. The molecule has 1 atom stereocenters. The van der Waals surface area contributed by atoms with Gasteiger partial charge in [0, 0.05) is 11.3 Å².